The standard InChI is InChI=1S/C18H36N2O/c1-15(2)8-11-18(3,21)14-19-16-9-12-20(13-10-16)17-6-4-5-7-17/h15-17,19,21H,4-14H2,1-3H3. The number of rotatable bonds is 7. The lowest BCUT2D eigenvalue weighted by molar-refractivity contribution is 0.0383. The Labute approximate surface area is 131 Å². The Kier molecular flexibility index (Phi) is 6.51. The summed E-state index contributed by atoms with van der Waals surface area (Å²) in [5, 5.41) is 14.1. The van der Waals surface area contributed by atoms with Gasteiger partial charge < -0.3 is 15.3 Å². The highest BCUT2D eigenvalue weighted by molar-refractivity contribution is 4.86. The van der Waals surface area contributed by atoms with Gasteiger partial charge in [0.2, 0.25) is 0 Å². The van der Waals surface area contributed by atoms with Crippen LogP contribution in [0.15, 0.2) is 0 Å². The highest BCUT2D eigenvalue weighted by atomic mass is 16.3. The van der Waals surface area contributed by atoms with Crippen molar-refractivity contribution in [3.8, 4) is 0 Å². The predicted molar refractivity (Wildman–Crippen MR) is 89.5 cm³/mol. The van der Waals surface area contributed by atoms with E-state index >= 15 is 0 Å². The summed E-state index contributed by atoms with van der Waals surface area (Å²) in [6, 6.07) is 1.48. The van der Waals surface area contributed by atoms with E-state index in [-0.39, 0.29) is 0 Å². The first-order chi connectivity index (χ1) is 9.96. The smallest absolute Gasteiger partial charge is 0.0743 e. The molecule has 1 aliphatic carbocycles. The van der Waals surface area contributed by atoms with Crippen LogP contribution in [0.5, 0.6) is 0 Å². The molecule has 3 nitrogen and oxygen atoms in total. The van der Waals surface area contributed by atoms with Crippen molar-refractivity contribution in [2.45, 2.75) is 89.8 Å². The average Bonchev–Trinajstić information content (AvgIpc) is 2.98. The molecule has 1 saturated carbocycles. The molecular weight excluding hydrogens is 260 g/mol. The lowest BCUT2D eigenvalue weighted by Crippen LogP contribution is -2.49. The molecule has 0 radical (unpaired) electrons. The topological polar surface area (TPSA) is 35.5 Å². The minimum atomic E-state index is -0.549. The number of hydrogen-bond acceptors (Lipinski definition) is 3. The Morgan fingerprint density at radius 2 is 1.76 bits per heavy atom. The van der Waals surface area contributed by atoms with Gasteiger partial charge in [-0.2, -0.15) is 0 Å². The van der Waals surface area contributed by atoms with E-state index in [9.17, 15) is 5.11 Å². The Bertz CT molecular complexity index is 290. The third kappa shape index (κ3) is 5.88. The van der Waals surface area contributed by atoms with Gasteiger partial charge in [-0.25, -0.2) is 0 Å². The fourth-order valence-electron chi connectivity index (χ4n) is 3.79. The van der Waals surface area contributed by atoms with Crippen LogP contribution >= 0.6 is 0 Å². The van der Waals surface area contributed by atoms with Gasteiger partial charge >= 0.3 is 0 Å². The molecule has 1 heterocycles. The molecule has 2 aliphatic rings. The van der Waals surface area contributed by atoms with Gasteiger partial charge in [-0.15, -0.1) is 0 Å². The molecule has 0 aromatic heterocycles. The van der Waals surface area contributed by atoms with Crippen molar-refractivity contribution in [2.75, 3.05) is 19.6 Å². The molecule has 0 spiro atoms. The Hall–Kier alpha value is -0.120. The fraction of sp³-hybridized carbons (Fsp3) is 1.00. The van der Waals surface area contributed by atoms with Crippen LogP contribution in [0.3, 0.4) is 0 Å². The van der Waals surface area contributed by atoms with E-state index in [4.69, 9.17) is 0 Å². The van der Waals surface area contributed by atoms with Gasteiger partial charge in [0.15, 0.2) is 0 Å². The van der Waals surface area contributed by atoms with Crippen molar-refractivity contribution in [3.63, 3.8) is 0 Å². The Balaban J connectivity index is 1.63. The monoisotopic (exact) mass is 296 g/mol. The lowest BCUT2D eigenvalue weighted by Gasteiger charge is -2.37. The molecule has 1 unspecified atom stereocenters. The van der Waals surface area contributed by atoms with Crippen molar-refractivity contribution in [2.24, 2.45) is 5.92 Å². The van der Waals surface area contributed by atoms with Crippen LogP contribution in [0.2, 0.25) is 0 Å². The Morgan fingerprint density at radius 3 is 2.33 bits per heavy atom. The van der Waals surface area contributed by atoms with E-state index in [1.165, 1.54) is 51.6 Å². The first-order valence-corrected chi connectivity index (χ1v) is 9.16. The van der Waals surface area contributed by atoms with Crippen LogP contribution in [0.4, 0.5) is 0 Å². The van der Waals surface area contributed by atoms with Crippen molar-refractivity contribution < 1.29 is 5.11 Å². The summed E-state index contributed by atoms with van der Waals surface area (Å²) in [5.41, 5.74) is -0.549. The van der Waals surface area contributed by atoms with Crippen molar-refractivity contribution in [1.29, 1.82) is 0 Å². The number of hydrogen-bond donors (Lipinski definition) is 2. The van der Waals surface area contributed by atoms with Crippen molar-refractivity contribution in [1.82, 2.24) is 10.2 Å². The zero-order chi connectivity index (χ0) is 15.3. The summed E-state index contributed by atoms with van der Waals surface area (Å²) in [7, 11) is 0. The lowest BCUT2D eigenvalue weighted by atomic mass is 9.94. The van der Waals surface area contributed by atoms with E-state index in [0.29, 0.717) is 12.0 Å². The molecule has 2 rings (SSSR count). The van der Waals surface area contributed by atoms with E-state index in [1.807, 2.05) is 6.92 Å². The van der Waals surface area contributed by atoms with Crippen LogP contribution in [-0.4, -0.2) is 47.3 Å². The van der Waals surface area contributed by atoms with E-state index in [0.717, 1.165) is 25.4 Å². The Morgan fingerprint density at radius 1 is 1.14 bits per heavy atom. The van der Waals surface area contributed by atoms with Gasteiger partial charge in [-0.05, 0) is 64.5 Å². The number of nitrogens with zero attached hydrogens (tertiary/aromatic N) is 1. The highest BCUT2D eigenvalue weighted by Crippen LogP contribution is 2.26. The maximum atomic E-state index is 10.4. The van der Waals surface area contributed by atoms with Gasteiger partial charge in [0.25, 0.3) is 0 Å². The molecule has 0 aromatic rings. The second-order valence-electron chi connectivity index (χ2n) is 8.06. The maximum absolute atomic E-state index is 10.4. The number of nitrogens with one attached hydrogen (secondary N) is 1. The second-order valence-corrected chi connectivity index (χ2v) is 8.06. The maximum Gasteiger partial charge on any atom is 0.0743 e. The predicted octanol–water partition coefficient (Wildman–Crippen LogP) is 3.17. The largest absolute Gasteiger partial charge is 0.389 e. The SMILES string of the molecule is CC(C)CCC(C)(O)CNC1CCN(C2CCCC2)CC1. The zero-order valence-electron chi connectivity index (χ0n) is 14.4. The van der Waals surface area contributed by atoms with Crippen LogP contribution in [0.1, 0.15) is 72.1 Å². The normalized spacial score (nSPS) is 25.6. The third-order valence-electron chi connectivity index (χ3n) is 5.40. The second kappa shape index (κ2) is 7.94. The summed E-state index contributed by atoms with van der Waals surface area (Å²) >= 11 is 0. The molecule has 21 heavy (non-hydrogen) atoms. The van der Waals surface area contributed by atoms with E-state index in [1.54, 1.807) is 0 Å². The fourth-order valence-corrected chi connectivity index (χ4v) is 3.79. The molecule has 0 aromatic carbocycles. The highest BCUT2D eigenvalue weighted by Gasteiger charge is 2.28. The number of aliphatic hydroxyl groups is 1. The minimum absolute atomic E-state index is 0.549. The number of piperidine rings is 1. The summed E-state index contributed by atoms with van der Waals surface area (Å²) < 4.78 is 0. The molecule has 2 fully saturated rings. The van der Waals surface area contributed by atoms with E-state index in [2.05, 4.69) is 24.1 Å². The van der Waals surface area contributed by atoms with Crippen LogP contribution in [0.25, 0.3) is 0 Å². The van der Waals surface area contributed by atoms with E-state index < -0.39 is 5.60 Å². The molecule has 1 atom stereocenters. The van der Waals surface area contributed by atoms with Crippen molar-refractivity contribution >= 4 is 0 Å². The first kappa shape index (κ1) is 17.2. The zero-order valence-corrected chi connectivity index (χ0v) is 14.4. The quantitative estimate of drug-likeness (QED) is 0.757. The molecule has 1 saturated heterocycles. The molecule has 124 valence electrons. The van der Waals surface area contributed by atoms with Gasteiger partial charge in [-0.1, -0.05) is 26.7 Å². The summed E-state index contributed by atoms with van der Waals surface area (Å²) in [6.45, 7) is 9.67. The summed E-state index contributed by atoms with van der Waals surface area (Å²) in [6.07, 6.45) is 10.2. The van der Waals surface area contributed by atoms with Crippen LogP contribution in [0, 0.1) is 5.92 Å². The van der Waals surface area contributed by atoms with Gasteiger partial charge in [-0.3, -0.25) is 0 Å². The van der Waals surface area contributed by atoms with Gasteiger partial charge in [0.05, 0.1) is 5.60 Å². The summed E-state index contributed by atoms with van der Waals surface area (Å²) in [5.74, 6) is 0.672. The average molecular weight is 296 g/mol. The van der Waals surface area contributed by atoms with Crippen LogP contribution < -0.4 is 5.32 Å². The molecule has 0 bridgehead atoms. The molecule has 2 N–H and O–H groups in total. The van der Waals surface area contributed by atoms with Gasteiger partial charge in [0.1, 0.15) is 0 Å². The van der Waals surface area contributed by atoms with Crippen molar-refractivity contribution in [3.05, 3.63) is 0 Å². The number of likely N-dealkylation sites (tertiary alicyclic amines) is 1. The molecule has 3 heteroatoms. The molecule has 0 amide bonds. The first-order valence-electron chi connectivity index (χ1n) is 9.16. The third-order valence-corrected chi connectivity index (χ3v) is 5.40. The van der Waals surface area contributed by atoms with Gasteiger partial charge in [0, 0.05) is 18.6 Å². The molecular formula is C18H36N2O. The molecule has 1 aliphatic heterocycles. The summed E-state index contributed by atoms with van der Waals surface area (Å²) in [4.78, 5) is 2.71. The minimum Gasteiger partial charge on any atom is -0.389 e. The van der Waals surface area contributed by atoms with Crippen LogP contribution in [-0.2, 0) is 0 Å².